The first-order valence-electron chi connectivity index (χ1n) is 5.89. The Labute approximate surface area is 106 Å². The Morgan fingerprint density at radius 1 is 1.28 bits per heavy atom. The summed E-state index contributed by atoms with van der Waals surface area (Å²) in [5.41, 5.74) is 0.221. The zero-order chi connectivity index (χ0) is 13.2. The maximum atomic E-state index is 11.4. The molecule has 1 saturated heterocycles. The first-order chi connectivity index (χ1) is 8.53. The van der Waals surface area contributed by atoms with Gasteiger partial charge >= 0.3 is 6.03 Å². The van der Waals surface area contributed by atoms with Gasteiger partial charge in [-0.05, 0) is 31.5 Å². The summed E-state index contributed by atoms with van der Waals surface area (Å²) in [5.74, 6) is 0.506. The fourth-order valence-corrected chi connectivity index (χ4v) is 2.08. The zero-order valence-corrected chi connectivity index (χ0v) is 10.4. The molecule has 0 radical (unpaired) electrons. The van der Waals surface area contributed by atoms with Crippen LogP contribution >= 0.6 is 0 Å². The molecule has 0 spiro atoms. The topological polar surface area (TPSA) is 67.4 Å². The molecule has 5 heteroatoms. The molecule has 2 rings (SSSR count). The maximum Gasteiger partial charge on any atom is 0.322 e. The van der Waals surface area contributed by atoms with Crippen LogP contribution in [0.1, 0.15) is 25.8 Å². The van der Waals surface area contributed by atoms with E-state index in [4.69, 9.17) is 4.74 Å². The molecule has 3 amide bonds. The first-order valence-corrected chi connectivity index (χ1v) is 5.89. The van der Waals surface area contributed by atoms with E-state index in [2.05, 4.69) is 10.6 Å². The molecule has 96 valence electrons. The molecule has 1 unspecified atom stereocenters. The Balaban J connectivity index is 2.23. The summed E-state index contributed by atoms with van der Waals surface area (Å²) in [7, 11) is 0. The molecule has 1 fully saturated rings. The summed E-state index contributed by atoms with van der Waals surface area (Å²) in [6.07, 6.45) is 0.229. The van der Waals surface area contributed by atoms with E-state index in [1.807, 2.05) is 38.1 Å². The lowest BCUT2D eigenvalue weighted by atomic mass is 9.87. The van der Waals surface area contributed by atoms with E-state index in [0.29, 0.717) is 6.61 Å². The summed E-state index contributed by atoms with van der Waals surface area (Å²) in [5, 5.41) is 5.00. The summed E-state index contributed by atoms with van der Waals surface area (Å²) in [4.78, 5) is 22.8. The Morgan fingerprint density at radius 3 is 2.50 bits per heavy atom. The van der Waals surface area contributed by atoms with Crippen LogP contribution in [0.15, 0.2) is 24.3 Å². The molecule has 1 aromatic carbocycles. The van der Waals surface area contributed by atoms with Crippen LogP contribution in [-0.2, 0) is 10.3 Å². The minimum absolute atomic E-state index is 0.229. The molecule has 1 aliphatic heterocycles. The minimum atomic E-state index is -0.663. The standard InChI is InChI=1S/C13H16N2O3/c1-3-18-10-6-4-9(5-7-10)13(2)8-11(16)14-12(17)15-13/h4-7H,3,8H2,1-2H3,(H2,14,15,16,17). The average molecular weight is 248 g/mol. The monoisotopic (exact) mass is 248 g/mol. The third kappa shape index (κ3) is 2.45. The highest BCUT2D eigenvalue weighted by Gasteiger charge is 2.36. The molecular formula is C13H16N2O3. The molecule has 2 N–H and O–H groups in total. The van der Waals surface area contributed by atoms with Gasteiger partial charge in [0.15, 0.2) is 0 Å². The number of benzene rings is 1. The van der Waals surface area contributed by atoms with Crippen LogP contribution in [0.3, 0.4) is 0 Å². The number of hydrogen-bond donors (Lipinski definition) is 2. The van der Waals surface area contributed by atoms with E-state index in [1.165, 1.54) is 0 Å². The van der Waals surface area contributed by atoms with Crippen molar-refractivity contribution in [2.75, 3.05) is 6.61 Å². The van der Waals surface area contributed by atoms with Gasteiger partial charge in [-0.2, -0.15) is 0 Å². The number of imide groups is 1. The molecule has 0 bridgehead atoms. The van der Waals surface area contributed by atoms with Crippen molar-refractivity contribution in [3.63, 3.8) is 0 Å². The summed E-state index contributed by atoms with van der Waals surface area (Å²) in [6.45, 7) is 4.36. The van der Waals surface area contributed by atoms with Crippen LogP contribution < -0.4 is 15.4 Å². The van der Waals surface area contributed by atoms with Gasteiger partial charge in [0.05, 0.1) is 18.6 Å². The van der Waals surface area contributed by atoms with Crippen molar-refractivity contribution in [2.24, 2.45) is 0 Å². The molecule has 1 atom stereocenters. The Bertz CT molecular complexity index is 452. The molecule has 1 aliphatic rings. The first kappa shape index (κ1) is 12.4. The summed E-state index contributed by atoms with van der Waals surface area (Å²) in [6, 6.07) is 6.95. The van der Waals surface area contributed by atoms with E-state index < -0.39 is 11.6 Å². The molecule has 0 saturated carbocycles. The smallest absolute Gasteiger partial charge is 0.322 e. The van der Waals surface area contributed by atoms with Crippen molar-refractivity contribution < 1.29 is 14.3 Å². The Kier molecular flexibility index (Phi) is 3.23. The van der Waals surface area contributed by atoms with Crippen LogP contribution in [0.5, 0.6) is 5.75 Å². The van der Waals surface area contributed by atoms with Gasteiger partial charge in [0.2, 0.25) is 5.91 Å². The van der Waals surface area contributed by atoms with E-state index in [9.17, 15) is 9.59 Å². The molecular weight excluding hydrogens is 232 g/mol. The molecule has 5 nitrogen and oxygen atoms in total. The predicted molar refractivity (Wildman–Crippen MR) is 66.3 cm³/mol. The maximum absolute atomic E-state index is 11.4. The molecule has 0 aromatic heterocycles. The highest BCUT2D eigenvalue weighted by atomic mass is 16.5. The normalized spacial score (nSPS) is 23.2. The second kappa shape index (κ2) is 4.68. The van der Waals surface area contributed by atoms with Gasteiger partial charge in [0, 0.05) is 0 Å². The number of carbonyl (C=O) groups is 2. The Hall–Kier alpha value is -2.04. The van der Waals surface area contributed by atoms with Crippen molar-refractivity contribution in [1.29, 1.82) is 0 Å². The number of nitrogens with one attached hydrogen (secondary N) is 2. The second-order valence-electron chi connectivity index (χ2n) is 4.47. The fourth-order valence-electron chi connectivity index (χ4n) is 2.08. The summed E-state index contributed by atoms with van der Waals surface area (Å²) < 4.78 is 5.36. The highest BCUT2D eigenvalue weighted by Crippen LogP contribution is 2.28. The molecule has 1 aromatic rings. The van der Waals surface area contributed by atoms with Crippen molar-refractivity contribution in [2.45, 2.75) is 25.8 Å². The number of ether oxygens (including phenoxy) is 1. The SMILES string of the molecule is CCOc1ccc(C2(C)CC(=O)NC(=O)N2)cc1. The number of rotatable bonds is 3. The largest absolute Gasteiger partial charge is 0.494 e. The van der Waals surface area contributed by atoms with Gasteiger partial charge in [-0.1, -0.05) is 12.1 Å². The second-order valence-corrected chi connectivity index (χ2v) is 4.47. The van der Waals surface area contributed by atoms with Crippen molar-refractivity contribution in [3.8, 4) is 5.75 Å². The van der Waals surface area contributed by atoms with Gasteiger partial charge < -0.3 is 10.1 Å². The van der Waals surface area contributed by atoms with Crippen LogP contribution in [0.25, 0.3) is 0 Å². The van der Waals surface area contributed by atoms with Gasteiger partial charge in [0.25, 0.3) is 0 Å². The van der Waals surface area contributed by atoms with Gasteiger partial charge in [-0.25, -0.2) is 4.79 Å². The van der Waals surface area contributed by atoms with Crippen molar-refractivity contribution >= 4 is 11.9 Å². The van der Waals surface area contributed by atoms with E-state index in [1.54, 1.807) is 0 Å². The Morgan fingerprint density at radius 2 is 1.94 bits per heavy atom. The van der Waals surface area contributed by atoms with Crippen molar-refractivity contribution in [1.82, 2.24) is 10.6 Å². The van der Waals surface area contributed by atoms with E-state index in [-0.39, 0.29) is 12.3 Å². The van der Waals surface area contributed by atoms with Gasteiger partial charge in [0.1, 0.15) is 5.75 Å². The highest BCUT2D eigenvalue weighted by molar-refractivity contribution is 5.98. The van der Waals surface area contributed by atoms with Gasteiger partial charge in [-0.15, -0.1) is 0 Å². The minimum Gasteiger partial charge on any atom is -0.494 e. The molecule has 0 aliphatic carbocycles. The van der Waals surface area contributed by atoms with Gasteiger partial charge in [-0.3, -0.25) is 10.1 Å². The number of hydrogen-bond acceptors (Lipinski definition) is 3. The van der Waals surface area contributed by atoms with Crippen LogP contribution in [0.2, 0.25) is 0 Å². The lowest BCUT2D eigenvalue weighted by molar-refractivity contribution is -0.122. The lowest BCUT2D eigenvalue weighted by Gasteiger charge is -2.34. The van der Waals surface area contributed by atoms with E-state index in [0.717, 1.165) is 11.3 Å². The zero-order valence-electron chi connectivity index (χ0n) is 10.4. The molecule has 18 heavy (non-hydrogen) atoms. The number of carbonyl (C=O) groups excluding carboxylic acids is 2. The third-order valence-electron chi connectivity index (χ3n) is 2.96. The average Bonchev–Trinajstić information content (AvgIpc) is 2.28. The number of urea groups is 1. The summed E-state index contributed by atoms with van der Waals surface area (Å²) >= 11 is 0. The van der Waals surface area contributed by atoms with Crippen LogP contribution in [-0.4, -0.2) is 18.5 Å². The molecule has 1 heterocycles. The van der Waals surface area contributed by atoms with E-state index >= 15 is 0 Å². The predicted octanol–water partition coefficient (Wildman–Crippen LogP) is 1.53. The van der Waals surface area contributed by atoms with Crippen molar-refractivity contribution in [3.05, 3.63) is 29.8 Å². The third-order valence-corrected chi connectivity index (χ3v) is 2.96. The number of amides is 3. The fraction of sp³-hybridized carbons (Fsp3) is 0.385. The van der Waals surface area contributed by atoms with Crippen LogP contribution in [0.4, 0.5) is 4.79 Å². The van der Waals surface area contributed by atoms with Crippen LogP contribution in [0, 0.1) is 0 Å². The lowest BCUT2D eigenvalue weighted by Crippen LogP contribution is -2.57. The quantitative estimate of drug-likeness (QED) is 0.852.